The highest BCUT2D eigenvalue weighted by Crippen LogP contribution is 2.25. The first kappa shape index (κ1) is 13.8. The number of hydrogen-bond acceptors (Lipinski definition) is 3. The molecule has 2 N–H and O–H groups in total. The zero-order valence-electron chi connectivity index (χ0n) is 9.93. The van der Waals surface area contributed by atoms with Crippen LogP contribution < -0.4 is 10.6 Å². The van der Waals surface area contributed by atoms with Crippen LogP contribution >= 0.6 is 27.5 Å². The van der Waals surface area contributed by atoms with Gasteiger partial charge in [0.1, 0.15) is 6.61 Å². The van der Waals surface area contributed by atoms with Gasteiger partial charge in [0.15, 0.2) is 0 Å². The summed E-state index contributed by atoms with van der Waals surface area (Å²) >= 11 is 9.18. The fourth-order valence-electron chi connectivity index (χ4n) is 1.59. The summed E-state index contributed by atoms with van der Waals surface area (Å²) in [6.07, 6.45) is 0. The summed E-state index contributed by atoms with van der Waals surface area (Å²) in [4.78, 5) is 11.7. The highest BCUT2D eigenvalue weighted by molar-refractivity contribution is 9.10. The maximum absolute atomic E-state index is 11.7. The van der Waals surface area contributed by atoms with E-state index in [1.165, 1.54) is 0 Å². The largest absolute Gasteiger partial charge is 0.363 e. The van der Waals surface area contributed by atoms with Crippen LogP contribution in [0.1, 0.15) is 6.92 Å². The van der Waals surface area contributed by atoms with Crippen molar-refractivity contribution in [3.63, 3.8) is 0 Å². The van der Waals surface area contributed by atoms with Gasteiger partial charge in [-0.05, 0) is 41.1 Å². The van der Waals surface area contributed by atoms with Gasteiger partial charge in [-0.15, -0.1) is 0 Å². The predicted molar refractivity (Wildman–Crippen MR) is 75.0 cm³/mol. The highest BCUT2D eigenvalue weighted by Gasteiger charge is 2.32. The SMILES string of the molecule is CC1(OCC(=O)Nc2ccc(Cl)c(Br)c2)CNC1. The van der Waals surface area contributed by atoms with E-state index in [-0.39, 0.29) is 18.1 Å². The van der Waals surface area contributed by atoms with Gasteiger partial charge in [-0.2, -0.15) is 0 Å². The minimum atomic E-state index is -0.210. The van der Waals surface area contributed by atoms with Crippen molar-refractivity contribution in [1.29, 1.82) is 0 Å². The van der Waals surface area contributed by atoms with E-state index < -0.39 is 0 Å². The van der Waals surface area contributed by atoms with Gasteiger partial charge in [-0.3, -0.25) is 4.79 Å². The van der Waals surface area contributed by atoms with E-state index in [2.05, 4.69) is 26.6 Å². The molecule has 0 bridgehead atoms. The van der Waals surface area contributed by atoms with E-state index in [1.54, 1.807) is 18.2 Å². The fourth-order valence-corrected chi connectivity index (χ4v) is 2.09. The molecule has 0 aliphatic carbocycles. The smallest absolute Gasteiger partial charge is 0.250 e. The maximum atomic E-state index is 11.7. The van der Waals surface area contributed by atoms with Crippen molar-refractivity contribution < 1.29 is 9.53 Å². The van der Waals surface area contributed by atoms with Crippen molar-refractivity contribution in [2.24, 2.45) is 0 Å². The molecule has 0 saturated carbocycles. The molecule has 1 fully saturated rings. The minimum Gasteiger partial charge on any atom is -0.363 e. The zero-order valence-corrected chi connectivity index (χ0v) is 12.3. The first-order valence-corrected chi connectivity index (χ1v) is 6.75. The van der Waals surface area contributed by atoms with Gasteiger partial charge in [0.05, 0.1) is 10.6 Å². The van der Waals surface area contributed by atoms with E-state index >= 15 is 0 Å². The second kappa shape index (κ2) is 5.57. The molecule has 0 aromatic heterocycles. The van der Waals surface area contributed by atoms with E-state index in [4.69, 9.17) is 16.3 Å². The summed E-state index contributed by atoms with van der Waals surface area (Å²) in [5, 5.41) is 6.48. The van der Waals surface area contributed by atoms with Crippen molar-refractivity contribution in [3.05, 3.63) is 27.7 Å². The molecule has 1 aliphatic heterocycles. The number of rotatable bonds is 4. The summed E-state index contributed by atoms with van der Waals surface area (Å²) in [6.45, 7) is 3.60. The van der Waals surface area contributed by atoms with Crippen molar-refractivity contribution in [2.45, 2.75) is 12.5 Å². The van der Waals surface area contributed by atoms with Gasteiger partial charge in [0.2, 0.25) is 5.91 Å². The Labute approximate surface area is 119 Å². The number of carbonyl (C=O) groups excluding carboxylic acids is 1. The Morgan fingerprint density at radius 2 is 2.33 bits per heavy atom. The van der Waals surface area contributed by atoms with Gasteiger partial charge in [-0.25, -0.2) is 0 Å². The van der Waals surface area contributed by atoms with Crippen molar-refractivity contribution in [2.75, 3.05) is 25.0 Å². The Balaban J connectivity index is 1.85. The van der Waals surface area contributed by atoms with Crippen LogP contribution in [-0.2, 0) is 9.53 Å². The lowest BCUT2D eigenvalue weighted by molar-refractivity contribution is -0.130. The molecule has 0 atom stereocenters. The molecule has 2 rings (SSSR count). The molecule has 1 aromatic carbocycles. The molecule has 98 valence electrons. The van der Waals surface area contributed by atoms with E-state index in [9.17, 15) is 4.79 Å². The molecule has 0 radical (unpaired) electrons. The molecule has 0 unspecified atom stereocenters. The van der Waals surface area contributed by atoms with E-state index in [0.29, 0.717) is 10.7 Å². The van der Waals surface area contributed by atoms with Crippen LogP contribution in [0.25, 0.3) is 0 Å². The van der Waals surface area contributed by atoms with E-state index in [1.807, 2.05) is 6.92 Å². The van der Waals surface area contributed by atoms with Crippen LogP contribution in [0.4, 0.5) is 5.69 Å². The van der Waals surface area contributed by atoms with Gasteiger partial charge in [0.25, 0.3) is 0 Å². The van der Waals surface area contributed by atoms with Crippen molar-refractivity contribution in [3.8, 4) is 0 Å². The molecule has 0 spiro atoms. The third-order valence-corrected chi connectivity index (χ3v) is 3.97. The lowest BCUT2D eigenvalue weighted by Crippen LogP contribution is -2.59. The second-order valence-electron chi connectivity index (χ2n) is 4.52. The number of benzene rings is 1. The van der Waals surface area contributed by atoms with Gasteiger partial charge in [-0.1, -0.05) is 11.6 Å². The summed E-state index contributed by atoms with van der Waals surface area (Å²) in [7, 11) is 0. The Kier molecular flexibility index (Phi) is 4.27. The molecule has 1 heterocycles. The van der Waals surface area contributed by atoms with Crippen LogP contribution in [0.3, 0.4) is 0 Å². The number of anilines is 1. The first-order valence-electron chi connectivity index (χ1n) is 5.58. The third kappa shape index (κ3) is 3.45. The molecule has 1 aromatic rings. The zero-order chi connectivity index (χ0) is 13.2. The van der Waals surface area contributed by atoms with Crippen LogP contribution in [-0.4, -0.2) is 31.2 Å². The Morgan fingerprint density at radius 1 is 1.61 bits per heavy atom. The van der Waals surface area contributed by atoms with Crippen LogP contribution in [0.15, 0.2) is 22.7 Å². The van der Waals surface area contributed by atoms with Crippen LogP contribution in [0.2, 0.25) is 5.02 Å². The monoisotopic (exact) mass is 332 g/mol. The predicted octanol–water partition coefficient (Wildman–Crippen LogP) is 2.42. The first-order chi connectivity index (χ1) is 8.48. The maximum Gasteiger partial charge on any atom is 0.250 e. The lowest BCUT2D eigenvalue weighted by atomic mass is 10.0. The lowest BCUT2D eigenvalue weighted by Gasteiger charge is -2.38. The Morgan fingerprint density at radius 3 is 2.89 bits per heavy atom. The quantitative estimate of drug-likeness (QED) is 0.890. The molecule has 18 heavy (non-hydrogen) atoms. The summed E-state index contributed by atoms with van der Waals surface area (Å²) in [5.74, 6) is -0.169. The minimum absolute atomic E-state index is 0.0540. The molecular weight excluding hydrogens is 320 g/mol. The van der Waals surface area contributed by atoms with E-state index in [0.717, 1.165) is 17.6 Å². The summed E-state index contributed by atoms with van der Waals surface area (Å²) < 4.78 is 6.29. The standard InChI is InChI=1S/C12H14BrClN2O2/c1-12(6-15-7-12)18-5-11(17)16-8-2-3-10(14)9(13)4-8/h2-4,15H,5-7H2,1H3,(H,16,17). The third-order valence-electron chi connectivity index (χ3n) is 2.75. The molecule has 1 amide bonds. The fraction of sp³-hybridized carbons (Fsp3) is 0.417. The van der Waals surface area contributed by atoms with Gasteiger partial charge >= 0.3 is 0 Å². The molecule has 6 heteroatoms. The number of amides is 1. The number of nitrogens with one attached hydrogen (secondary N) is 2. The van der Waals surface area contributed by atoms with Crippen molar-refractivity contribution in [1.82, 2.24) is 5.32 Å². The van der Waals surface area contributed by atoms with Crippen LogP contribution in [0, 0.1) is 0 Å². The Hall–Kier alpha value is -0.620. The summed E-state index contributed by atoms with van der Waals surface area (Å²) in [6, 6.07) is 5.23. The molecule has 1 saturated heterocycles. The number of halogens is 2. The second-order valence-corrected chi connectivity index (χ2v) is 5.78. The topological polar surface area (TPSA) is 50.4 Å². The molecule has 1 aliphatic rings. The van der Waals surface area contributed by atoms with Crippen LogP contribution in [0.5, 0.6) is 0 Å². The Bertz CT molecular complexity index is 463. The molecule has 4 nitrogen and oxygen atoms in total. The number of carbonyl (C=O) groups is 1. The van der Waals surface area contributed by atoms with Gasteiger partial charge < -0.3 is 15.4 Å². The van der Waals surface area contributed by atoms with Crippen molar-refractivity contribution >= 4 is 39.1 Å². The van der Waals surface area contributed by atoms with Gasteiger partial charge in [0, 0.05) is 23.2 Å². The normalized spacial score (nSPS) is 17.1. The highest BCUT2D eigenvalue weighted by atomic mass is 79.9. The average Bonchev–Trinajstić information content (AvgIpc) is 2.29. The molecular formula is C12H14BrClN2O2. The number of hydrogen-bond donors (Lipinski definition) is 2. The number of ether oxygens (including phenoxy) is 1. The average molecular weight is 334 g/mol. The summed E-state index contributed by atoms with van der Waals surface area (Å²) in [5.41, 5.74) is 0.481.